The smallest absolute Gasteiger partial charge is 0.409 e. The molecule has 8 heteroatoms. The minimum atomic E-state index is -1.79. The second-order valence-electron chi connectivity index (χ2n) is 6.06. The number of nitrogens with zero attached hydrogens (tertiary/aromatic N) is 1. The Balaban J connectivity index is 2.65. The Morgan fingerprint density at radius 2 is 1.67 bits per heavy atom. The van der Waals surface area contributed by atoms with Gasteiger partial charge in [-0.2, -0.15) is 11.8 Å². The first-order chi connectivity index (χ1) is 9.53. The molecule has 1 heterocycles. The zero-order chi connectivity index (χ0) is 16.3. The van der Waals surface area contributed by atoms with Gasteiger partial charge in [-0.05, 0) is 27.7 Å². The van der Waals surface area contributed by atoms with Gasteiger partial charge in [0.1, 0.15) is 5.60 Å². The first kappa shape index (κ1) is 17.8. The molecule has 21 heavy (non-hydrogen) atoms. The van der Waals surface area contributed by atoms with Crippen molar-refractivity contribution in [3.63, 3.8) is 0 Å². The number of ether oxygens (including phenoxy) is 1. The van der Waals surface area contributed by atoms with E-state index in [1.807, 2.05) is 0 Å². The minimum absolute atomic E-state index is 0.512. The fourth-order valence-corrected chi connectivity index (χ4v) is 2.61. The van der Waals surface area contributed by atoms with Crippen LogP contribution in [0.25, 0.3) is 0 Å². The Labute approximate surface area is 128 Å². The summed E-state index contributed by atoms with van der Waals surface area (Å²) < 4.78 is 5.04. The van der Waals surface area contributed by atoms with Crippen molar-refractivity contribution in [1.29, 1.82) is 0 Å². The lowest BCUT2D eigenvalue weighted by Crippen LogP contribution is -2.64. The highest BCUT2D eigenvalue weighted by Gasteiger charge is 2.39. The molecule has 2 amide bonds. The van der Waals surface area contributed by atoms with Crippen molar-refractivity contribution in [2.24, 2.45) is 5.73 Å². The van der Waals surface area contributed by atoms with Crippen molar-refractivity contribution in [2.75, 3.05) is 24.6 Å². The minimum Gasteiger partial charge on any atom is -0.444 e. The molecule has 0 bridgehead atoms. The van der Waals surface area contributed by atoms with Crippen molar-refractivity contribution in [3.8, 4) is 0 Å². The zero-order valence-electron chi connectivity index (χ0n) is 12.9. The third-order valence-electron chi connectivity index (χ3n) is 2.72. The molecule has 7 nitrogen and oxygen atoms in total. The van der Waals surface area contributed by atoms with Crippen LogP contribution >= 0.6 is 11.8 Å². The first-order valence-corrected chi connectivity index (χ1v) is 7.90. The average Bonchev–Trinajstić information content (AvgIpc) is 2.35. The van der Waals surface area contributed by atoms with Gasteiger partial charge in [-0.1, -0.05) is 0 Å². The number of amides is 2. The molecule has 0 spiro atoms. The molecule has 0 aromatic heterocycles. The van der Waals surface area contributed by atoms with E-state index in [0.29, 0.717) is 13.1 Å². The van der Waals surface area contributed by atoms with Crippen LogP contribution in [0.4, 0.5) is 4.79 Å². The van der Waals surface area contributed by atoms with E-state index in [1.54, 1.807) is 32.5 Å². The number of thioether (sulfide) groups is 1. The van der Waals surface area contributed by atoms with Gasteiger partial charge in [-0.15, -0.1) is 0 Å². The molecule has 1 aliphatic rings. The molecule has 0 aromatic carbocycles. The van der Waals surface area contributed by atoms with Gasteiger partial charge in [0.15, 0.2) is 5.66 Å². The number of carbonyl (C=O) groups is 3. The van der Waals surface area contributed by atoms with E-state index in [2.05, 4.69) is 5.32 Å². The van der Waals surface area contributed by atoms with Gasteiger partial charge in [0.05, 0.1) is 0 Å². The van der Waals surface area contributed by atoms with Gasteiger partial charge in [0.25, 0.3) is 11.7 Å². The van der Waals surface area contributed by atoms with Crippen LogP contribution in [0, 0.1) is 0 Å². The van der Waals surface area contributed by atoms with E-state index in [1.165, 1.54) is 11.8 Å². The number of ketones is 1. The summed E-state index contributed by atoms with van der Waals surface area (Å²) in [5.41, 5.74) is 3.27. The summed E-state index contributed by atoms with van der Waals surface area (Å²) in [7, 11) is 0. The summed E-state index contributed by atoms with van der Waals surface area (Å²) >= 11 is 1.73. The molecule has 1 aliphatic heterocycles. The molecule has 1 rings (SSSR count). The molecule has 1 saturated heterocycles. The second-order valence-corrected chi connectivity index (χ2v) is 7.29. The number of nitrogens with one attached hydrogen (secondary N) is 1. The molecule has 3 N–H and O–H groups in total. The van der Waals surface area contributed by atoms with Crippen LogP contribution in [0.5, 0.6) is 0 Å². The largest absolute Gasteiger partial charge is 0.444 e. The molecule has 1 fully saturated rings. The normalized spacial score (nSPS) is 18.6. The summed E-state index contributed by atoms with van der Waals surface area (Å²) in [6.07, 6.45) is -0.831. The third kappa shape index (κ3) is 5.55. The van der Waals surface area contributed by atoms with Crippen LogP contribution in [0.2, 0.25) is 0 Å². The topological polar surface area (TPSA) is 102 Å². The molecule has 0 unspecified atom stereocenters. The van der Waals surface area contributed by atoms with Gasteiger partial charge >= 0.3 is 6.09 Å². The molecule has 0 radical (unpaired) electrons. The van der Waals surface area contributed by atoms with Crippen LogP contribution in [0.15, 0.2) is 0 Å². The van der Waals surface area contributed by atoms with Crippen molar-refractivity contribution in [2.45, 2.75) is 39.0 Å². The van der Waals surface area contributed by atoms with Gasteiger partial charge < -0.3 is 15.4 Å². The lowest BCUT2D eigenvalue weighted by molar-refractivity contribution is -0.147. The van der Waals surface area contributed by atoms with Crippen LogP contribution in [0.1, 0.15) is 27.7 Å². The zero-order valence-corrected chi connectivity index (χ0v) is 13.7. The van der Waals surface area contributed by atoms with Crippen LogP contribution < -0.4 is 11.1 Å². The van der Waals surface area contributed by atoms with E-state index in [9.17, 15) is 14.4 Å². The Morgan fingerprint density at radius 3 is 2.14 bits per heavy atom. The number of hydrogen-bond donors (Lipinski definition) is 2. The van der Waals surface area contributed by atoms with E-state index in [4.69, 9.17) is 10.5 Å². The van der Waals surface area contributed by atoms with Gasteiger partial charge in [-0.25, -0.2) is 4.79 Å². The van der Waals surface area contributed by atoms with Crippen LogP contribution in [-0.2, 0) is 14.3 Å². The number of hydrogen-bond acceptors (Lipinski definition) is 6. The summed E-state index contributed by atoms with van der Waals surface area (Å²) in [6, 6.07) is 0. The predicted octanol–water partition coefficient (Wildman–Crippen LogP) is 0.331. The molecule has 0 saturated carbocycles. The van der Waals surface area contributed by atoms with Crippen molar-refractivity contribution in [3.05, 3.63) is 0 Å². The highest BCUT2D eigenvalue weighted by Crippen LogP contribution is 2.12. The van der Waals surface area contributed by atoms with Crippen molar-refractivity contribution < 1.29 is 19.1 Å². The van der Waals surface area contributed by atoms with Crippen LogP contribution in [0.3, 0.4) is 0 Å². The Hall–Kier alpha value is -1.28. The third-order valence-corrected chi connectivity index (χ3v) is 3.67. The number of Topliss-reactive ketones (excluding diaryl/α,β-unsaturated/α-hetero) is 1. The first-order valence-electron chi connectivity index (χ1n) is 6.74. The fraction of sp³-hybridized carbons (Fsp3) is 0.769. The van der Waals surface area contributed by atoms with Crippen molar-refractivity contribution in [1.82, 2.24) is 10.2 Å². The van der Waals surface area contributed by atoms with Crippen LogP contribution in [-0.4, -0.2) is 58.5 Å². The SMILES string of the molecule is CC(C)(C)OC(=O)N[C@](C)(N)C(=O)C(=O)N1CCSCC1. The summed E-state index contributed by atoms with van der Waals surface area (Å²) in [6.45, 7) is 7.39. The lowest BCUT2D eigenvalue weighted by atomic mass is 10.1. The summed E-state index contributed by atoms with van der Waals surface area (Å²) in [5.74, 6) is 0.0659. The van der Waals surface area contributed by atoms with E-state index in [0.717, 1.165) is 11.5 Å². The van der Waals surface area contributed by atoms with E-state index >= 15 is 0 Å². The molecular formula is C13H23N3O4S. The monoisotopic (exact) mass is 317 g/mol. The number of carbonyl (C=O) groups excluding carboxylic acids is 3. The highest BCUT2D eigenvalue weighted by molar-refractivity contribution is 7.99. The number of alkyl carbamates (subject to hydrolysis) is 1. The Morgan fingerprint density at radius 1 is 1.14 bits per heavy atom. The average molecular weight is 317 g/mol. The molecule has 0 aromatic rings. The highest BCUT2D eigenvalue weighted by atomic mass is 32.2. The standard InChI is InChI=1S/C13H23N3O4S/c1-12(2,3)20-11(19)15-13(4,14)9(17)10(18)16-5-7-21-8-6-16/h5-8,14H2,1-4H3,(H,15,19)/t13-/m0/s1. The van der Waals surface area contributed by atoms with Crippen molar-refractivity contribution >= 4 is 29.5 Å². The second kappa shape index (κ2) is 6.65. The number of nitrogens with two attached hydrogens (primary N) is 1. The summed E-state index contributed by atoms with van der Waals surface area (Å²) in [5, 5.41) is 2.25. The van der Waals surface area contributed by atoms with E-state index < -0.39 is 29.0 Å². The lowest BCUT2D eigenvalue weighted by Gasteiger charge is -2.30. The quantitative estimate of drug-likeness (QED) is 0.574. The summed E-state index contributed by atoms with van der Waals surface area (Å²) in [4.78, 5) is 37.4. The Bertz CT molecular complexity index is 426. The van der Waals surface area contributed by atoms with E-state index in [-0.39, 0.29) is 0 Å². The molecule has 120 valence electrons. The number of rotatable bonds is 3. The Kier molecular flexibility index (Phi) is 5.63. The van der Waals surface area contributed by atoms with Gasteiger partial charge in [0, 0.05) is 24.6 Å². The molecule has 1 atom stereocenters. The maximum Gasteiger partial charge on any atom is 0.409 e. The fourth-order valence-electron chi connectivity index (χ4n) is 1.70. The molecule has 0 aliphatic carbocycles. The maximum atomic E-state index is 12.2. The van der Waals surface area contributed by atoms with Gasteiger partial charge in [0.2, 0.25) is 0 Å². The predicted molar refractivity (Wildman–Crippen MR) is 80.9 cm³/mol. The molecular weight excluding hydrogens is 294 g/mol. The maximum absolute atomic E-state index is 12.2. The van der Waals surface area contributed by atoms with Gasteiger partial charge in [-0.3, -0.25) is 14.9 Å².